The molecule has 1 heterocycles. The van der Waals surface area contributed by atoms with E-state index < -0.39 is 0 Å². The van der Waals surface area contributed by atoms with Gasteiger partial charge in [-0.15, -0.1) is 11.3 Å². The number of benzene rings is 1. The van der Waals surface area contributed by atoms with E-state index in [-0.39, 0.29) is 6.04 Å². The van der Waals surface area contributed by atoms with Crippen molar-refractivity contribution >= 4 is 11.3 Å². The zero-order chi connectivity index (χ0) is 14.5. The van der Waals surface area contributed by atoms with Crippen LogP contribution in [0.3, 0.4) is 0 Å². The summed E-state index contributed by atoms with van der Waals surface area (Å²) >= 11 is 1.70. The van der Waals surface area contributed by atoms with E-state index >= 15 is 0 Å². The highest BCUT2D eigenvalue weighted by Gasteiger charge is 2.21. The van der Waals surface area contributed by atoms with Crippen molar-refractivity contribution in [1.29, 1.82) is 0 Å². The van der Waals surface area contributed by atoms with E-state index in [0.29, 0.717) is 0 Å². The number of hydrogen-bond acceptors (Lipinski definition) is 5. The molecule has 1 atom stereocenters. The molecule has 4 nitrogen and oxygen atoms in total. The normalized spacial score (nSPS) is 12.2. The quantitative estimate of drug-likeness (QED) is 0.635. The van der Waals surface area contributed by atoms with Crippen LogP contribution in [0, 0.1) is 0 Å². The Kier molecular flexibility index (Phi) is 5.00. The Balaban J connectivity index is 2.46. The van der Waals surface area contributed by atoms with Gasteiger partial charge in [-0.2, -0.15) is 0 Å². The van der Waals surface area contributed by atoms with Gasteiger partial charge in [0.1, 0.15) is 11.5 Å². The van der Waals surface area contributed by atoms with E-state index in [1.54, 1.807) is 25.6 Å². The minimum atomic E-state index is -0.0780. The number of aryl methyl sites for hydroxylation is 1. The van der Waals surface area contributed by atoms with Gasteiger partial charge in [0.15, 0.2) is 0 Å². The molecule has 0 radical (unpaired) electrons. The molecule has 0 amide bonds. The van der Waals surface area contributed by atoms with Crippen molar-refractivity contribution in [2.75, 3.05) is 14.2 Å². The Hall–Kier alpha value is -1.56. The van der Waals surface area contributed by atoms with Gasteiger partial charge in [0, 0.05) is 16.5 Å². The highest BCUT2D eigenvalue weighted by Crippen LogP contribution is 2.36. The number of rotatable bonds is 6. The molecule has 2 rings (SSSR count). The second kappa shape index (κ2) is 6.74. The number of ether oxygens (including phenoxy) is 2. The Morgan fingerprint density at radius 3 is 2.65 bits per heavy atom. The Morgan fingerprint density at radius 1 is 1.25 bits per heavy atom. The predicted octanol–water partition coefficient (Wildman–Crippen LogP) is 2.88. The lowest BCUT2D eigenvalue weighted by molar-refractivity contribution is 0.387. The van der Waals surface area contributed by atoms with Crippen LogP contribution in [0.25, 0.3) is 0 Å². The molecule has 1 aromatic carbocycles. The number of nitrogens with two attached hydrogens (primary N) is 1. The van der Waals surface area contributed by atoms with Crippen molar-refractivity contribution in [1.82, 2.24) is 5.43 Å². The van der Waals surface area contributed by atoms with Crippen LogP contribution in [-0.2, 0) is 6.42 Å². The van der Waals surface area contributed by atoms with E-state index in [1.807, 2.05) is 18.2 Å². The summed E-state index contributed by atoms with van der Waals surface area (Å²) in [5.74, 6) is 7.32. The second-order valence-electron chi connectivity index (χ2n) is 4.37. The Morgan fingerprint density at radius 2 is 2.05 bits per heavy atom. The van der Waals surface area contributed by atoms with Crippen molar-refractivity contribution < 1.29 is 9.47 Å². The standard InChI is InChI=1S/C15H20N2O2S/c1-4-10-7-8-20-15(10)14(17-16)12-6-5-11(18-2)9-13(12)19-3/h5-9,14,17H,4,16H2,1-3H3. The molecule has 0 aliphatic carbocycles. The number of nitrogens with one attached hydrogen (secondary N) is 1. The van der Waals surface area contributed by atoms with Crippen LogP contribution >= 0.6 is 11.3 Å². The summed E-state index contributed by atoms with van der Waals surface area (Å²) in [6.07, 6.45) is 0.982. The maximum absolute atomic E-state index is 5.78. The molecule has 3 N–H and O–H groups in total. The number of hydrogen-bond donors (Lipinski definition) is 2. The fourth-order valence-electron chi connectivity index (χ4n) is 2.26. The van der Waals surface area contributed by atoms with Gasteiger partial charge in [-0.3, -0.25) is 5.84 Å². The minimum absolute atomic E-state index is 0.0780. The Labute approximate surface area is 123 Å². The van der Waals surface area contributed by atoms with Crippen molar-refractivity contribution in [2.45, 2.75) is 19.4 Å². The number of hydrazine groups is 1. The van der Waals surface area contributed by atoms with E-state index in [9.17, 15) is 0 Å². The van der Waals surface area contributed by atoms with Crippen LogP contribution in [0.5, 0.6) is 11.5 Å². The molecule has 0 saturated heterocycles. The predicted molar refractivity (Wildman–Crippen MR) is 82.4 cm³/mol. The highest BCUT2D eigenvalue weighted by atomic mass is 32.1. The van der Waals surface area contributed by atoms with Gasteiger partial charge in [0.25, 0.3) is 0 Å². The lowest BCUT2D eigenvalue weighted by Crippen LogP contribution is -2.29. The highest BCUT2D eigenvalue weighted by molar-refractivity contribution is 7.10. The molecule has 0 spiro atoms. The molecule has 5 heteroatoms. The molecular weight excluding hydrogens is 272 g/mol. The van der Waals surface area contributed by atoms with Gasteiger partial charge in [-0.05, 0) is 35.6 Å². The van der Waals surface area contributed by atoms with Crippen molar-refractivity contribution in [3.05, 3.63) is 45.6 Å². The first-order valence-electron chi connectivity index (χ1n) is 6.49. The monoisotopic (exact) mass is 292 g/mol. The SMILES string of the molecule is CCc1ccsc1C(NN)c1ccc(OC)cc1OC. The summed E-state index contributed by atoms with van der Waals surface area (Å²) in [4.78, 5) is 1.22. The van der Waals surface area contributed by atoms with Gasteiger partial charge in [-0.25, -0.2) is 5.43 Å². The van der Waals surface area contributed by atoms with Gasteiger partial charge in [0.05, 0.1) is 20.3 Å². The summed E-state index contributed by atoms with van der Waals surface area (Å²) in [5, 5.41) is 2.09. The first-order chi connectivity index (χ1) is 9.74. The molecule has 0 aliphatic heterocycles. The maximum Gasteiger partial charge on any atom is 0.127 e. The maximum atomic E-state index is 5.78. The second-order valence-corrected chi connectivity index (χ2v) is 5.32. The topological polar surface area (TPSA) is 56.5 Å². The third-order valence-electron chi connectivity index (χ3n) is 3.34. The minimum Gasteiger partial charge on any atom is -0.497 e. The largest absolute Gasteiger partial charge is 0.497 e. The van der Waals surface area contributed by atoms with E-state index in [4.69, 9.17) is 15.3 Å². The van der Waals surface area contributed by atoms with Gasteiger partial charge < -0.3 is 9.47 Å². The van der Waals surface area contributed by atoms with E-state index in [1.165, 1.54) is 10.4 Å². The van der Waals surface area contributed by atoms with Crippen LogP contribution in [0.1, 0.15) is 29.0 Å². The lowest BCUT2D eigenvalue weighted by Gasteiger charge is -2.20. The third kappa shape index (κ3) is 2.80. The van der Waals surface area contributed by atoms with E-state index in [2.05, 4.69) is 23.8 Å². The molecule has 0 bridgehead atoms. The fraction of sp³-hybridized carbons (Fsp3) is 0.333. The van der Waals surface area contributed by atoms with Gasteiger partial charge in [-0.1, -0.05) is 6.92 Å². The van der Waals surface area contributed by atoms with E-state index in [0.717, 1.165) is 23.5 Å². The molecular formula is C15H20N2O2S. The fourth-order valence-corrected chi connectivity index (χ4v) is 3.33. The zero-order valence-corrected chi connectivity index (χ0v) is 12.8. The van der Waals surface area contributed by atoms with Crippen LogP contribution < -0.4 is 20.7 Å². The van der Waals surface area contributed by atoms with Crippen LogP contribution in [0.4, 0.5) is 0 Å². The summed E-state index contributed by atoms with van der Waals surface area (Å²) in [6.45, 7) is 2.14. The molecule has 1 unspecified atom stereocenters. The average molecular weight is 292 g/mol. The molecule has 0 saturated carbocycles. The molecule has 0 fully saturated rings. The van der Waals surface area contributed by atoms with Crippen LogP contribution in [0.2, 0.25) is 0 Å². The number of thiophene rings is 1. The van der Waals surface area contributed by atoms with Gasteiger partial charge in [0.2, 0.25) is 0 Å². The van der Waals surface area contributed by atoms with Crippen LogP contribution in [-0.4, -0.2) is 14.2 Å². The van der Waals surface area contributed by atoms with Crippen molar-refractivity contribution in [3.63, 3.8) is 0 Å². The van der Waals surface area contributed by atoms with Gasteiger partial charge >= 0.3 is 0 Å². The first-order valence-corrected chi connectivity index (χ1v) is 7.37. The number of methoxy groups -OCH3 is 2. The molecule has 20 heavy (non-hydrogen) atoms. The zero-order valence-electron chi connectivity index (χ0n) is 12.0. The van der Waals surface area contributed by atoms with Crippen molar-refractivity contribution in [2.24, 2.45) is 5.84 Å². The molecule has 0 aliphatic rings. The summed E-state index contributed by atoms with van der Waals surface area (Å²) in [5.41, 5.74) is 5.21. The summed E-state index contributed by atoms with van der Waals surface area (Å²) in [6, 6.07) is 7.84. The van der Waals surface area contributed by atoms with Crippen molar-refractivity contribution in [3.8, 4) is 11.5 Å². The smallest absolute Gasteiger partial charge is 0.127 e. The Bertz CT molecular complexity index is 569. The molecule has 2 aromatic rings. The van der Waals surface area contributed by atoms with Crippen LogP contribution in [0.15, 0.2) is 29.6 Å². The first kappa shape index (κ1) is 14.8. The third-order valence-corrected chi connectivity index (χ3v) is 4.37. The molecule has 1 aromatic heterocycles. The lowest BCUT2D eigenvalue weighted by atomic mass is 10.0. The summed E-state index contributed by atoms with van der Waals surface area (Å²) < 4.78 is 10.7. The summed E-state index contributed by atoms with van der Waals surface area (Å²) in [7, 11) is 3.29. The average Bonchev–Trinajstić information content (AvgIpc) is 2.96. The molecule has 108 valence electrons.